The first-order chi connectivity index (χ1) is 7.08. The van der Waals surface area contributed by atoms with Crippen LogP contribution in [-0.2, 0) is 11.3 Å². The summed E-state index contributed by atoms with van der Waals surface area (Å²) < 4.78 is 2.33. The number of halogens is 2. The van der Waals surface area contributed by atoms with Crippen molar-refractivity contribution in [3.05, 3.63) is 28.0 Å². The van der Waals surface area contributed by atoms with Crippen molar-refractivity contribution in [3.63, 3.8) is 0 Å². The van der Waals surface area contributed by atoms with Crippen molar-refractivity contribution in [2.45, 2.75) is 6.54 Å². The quantitative estimate of drug-likeness (QED) is 0.924. The van der Waals surface area contributed by atoms with Crippen LogP contribution in [0.3, 0.4) is 0 Å². The van der Waals surface area contributed by atoms with Crippen molar-refractivity contribution in [1.82, 2.24) is 9.55 Å². The molecule has 1 heterocycles. The minimum atomic E-state index is -0.945. The van der Waals surface area contributed by atoms with Crippen LogP contribution in [-0.4, -0.2) is 20.6 Å². The van der Waals surface area contributed by atoms with Crippen molar-refractivity contribution >= 4 is 44.5 Å². The average Bonchev–Trinajstić information content (AvgIpc) is 2.41. The van der Waals surface area contributed by atoms with Gasteiger partial charge in [-0.3, -0.25) is 4.79 Å². The van der Waals surface area contributed by atoms with E-state index in [0.29, 0.717) is 11.0 Å². The molecule has 0 atom stereocenters. The fourth-order valence-corrected chi connectivity index (χ4v) is 1.95. The summed E-state index contributed by atoms with van der Waals surface area (Å²) in [5.74, 6) is -0.945. The molecule has 2 aromatic rings. The summed E-state index contributed by atoms with van der Waals surface area (Å²) in [4.78, 5) is 14.7. The first-order valence-corrected chi connectivity index (χ1v) is 5.28. The molecule has 0 radical (unpaired) electrons. The van der Waals surface area contributed by atoms with Crippen molar-refractivity contribution in [1.29, 1.82) is 0 Å². The number of rotatable bonds is 2. The molecule has 0 amide bonds. The Hall–Kier alpha value is -1.07. The third-order valence-electron chi connectivity index (χ3n) is 1.96. The second-order valence-electron chi connectivity index (χ2n) is 2.99. The summed E-state index contributed by atoms with van der Waals surface area (Å²) in [5, 5.41) is 8.89. The third kappa shape index (κ3) is 1.98. The number of imidazole rings is 1. The van der Waals surface area contributed by atoms with Gasteiger partial charge in [-0.2, -0.15) is 0 Å². The Morgan fingerprint density at radius 3 is 3.00 bits per heavy atom. The minimum Gasteiger partial charge on any atom is -0.480 e. The summed E-state index contributed by atoms with van der Waals surface area (Å²) in [7, 11) is 0. The maximum Gasteiger partial charge on any atom is 0.323 e. The highest BCUT2D eigenvalue weighted by molar-refractivity contribution is 9.10. The van der Waals surface area contributed by atoms with E-state index in [4.69, 9.17) is 16.7 Å². The minimum absolute atomic E-state index is 0.184. The van der Waals surface area contributed by atoms with E-state index >= 15 is 0 Å². The largest absolute Gasteiger partial charge is 0.480 e. The van der Waals surface area contributed by atoms with Gasteiger partial charge >= 0.3 is 5.97 Å². The molecule has 6 heteroatoms. The zero-order valence-corrected chi connectivity index (χ0v) is 9.79. The number of carboxylic acids is 1. The van der Waals surface area contributed by atoms with E-state index in [2.05, 4.69) is 20.9 Å². The van der Waals surface area contributed by atoms with Gasteiger partial charge in [-0.15, -0.1) is 0 Å². The van der Waals surface area contributed by atoms with Gasteiger partial charge in [0.2, 0.25) is 5.28 Å². The Morgan fingerprint density at radius 1 is 1.60 bits per heavy atom. The summed E-state index contributed by atoms with van der Waals surface area (Å²) >= 11 is 9.15. The van der Waals surface area contributed by atoms with Crippen LogP contribution in [0.5, 0.6) is 0 Å². The predicted molar refractivity (Wildman–Crippen MR) is 60.1 cm³/mol. The van der Waals surface area contributed by atoms with E-state index in [1.807, 2.05) is 6.07 Å². The zero-order valence-electron chi connectivity index (χ0n) is 7.44. The van der Waals surface area contributed by atoms with E-state index in [0.717, 1.165) is 4.47 Å². The van der Waals surface area contributed by atoms with Crippen molar-refractivity contribution in [3.8, 4) is 0 Å². The summed E-state index contributed by atoms with van der Waals surface area (Å²) in [5.41, 5.74) is 1.39. The number of benzene rings is 1. The van der Waals surface area contributed by atoms with Gasteiger partial charge in [0.25, 0.3) is 0 Å². The predicted octanol–water partition coefficient (Wildman–Crippen LogP) is 2.54. The topological polar surface area (TPSA) is 55.1 Å². The standard InChI is InChI=1S/C9H6BrClN2O2/c10-5-1-2-7-6(3-5)12-9(11)13(7)4-8(14)15/h1-3H,4H2,(H,14,15). The van der Waals surface area contributed by atoms with Gasteiger partial charge in [-0.25, -0.2) is 4.98 Å². The van der Waals surface area contributed by atoms with Crippen LogP contribution in [0.2, 0.25) is 5.28 Å². The first-order valence-electron chi connectivity index (χ1n) is 4.11. The van der Waals surface area contributed by atoms with Crippen LogP contribution in [0.4, 0.5) is 0 Å². The lowest BCUT2D eigenvalue weighted by molar-refractivity contribution is -0.137. The SMILES string of the molecule is O=C(O)Cn1c(Cl)nc2cc(Br)ccc21. The molecule has 0 spiro atoms. The lowest BCUT2D eigenvalue weighted by Gasteiger charge is -2.00. The molecule has 1 aromatic carbocycles. The van der Waals surface area contributed by atoms with Gasteiger partial charge in [0, 0.05) is 4.47 Å². The Balaban J connectivity index is 2.63. The maximum atomic E-state index is 10.6. The lowest BCUT2D eigenvalue weighted by atomic mass is 10.3. The van der Waals surface area contributed by atoms with Crippen molar-refractivity contribution in [2.75, 3.05) is 0 Å². The van der Waals surface area contributed by atoms with Crippen LogP contribution in [0, 0.1) is 0 Å². The Labute approximate surface area is 98.6 Å². The highest BCUT2D eigenvalue weighted by Gasteiger charge is 2.11. The van der Waals surface area contributed by atoms with Gasteiger partial charge in [-0.1, -0.05) is 15.9 Å². The first kappa shape index (κ1) is 10.4. The monoisotopic (exact) mass is 288 g/mol. The van der Waals surface area contributed by atoms with Crippen molar-refractivity contribution in [2.24, 2.45) is 0 Å². The molecule has 1 N–H and O–H groups in total. The van der Waals surface area contributed by atoms with Crippen molar-refractivity contribution < 1.29 is 9.90 Å². The van der Waals surface area contributed by atoms with E-state index in [9.17, 15) is 4.79 Å². The number of hydrogen-bond acceptors (Lipinski definition) is 2. The highest BCUT2D eigenvalue weighted by Crippen LogP contribution is 2.23. The van der Waals surface area contributed by atoms with E-state index < -0.39 is 5.97 Å². The molecule has 0 aliphatic rings. The Bertz CT molecular complexity index is 538. The molecule has 15 heavy (non-hydrogen) atoms. The second-order valence-corrected chi connectivity index (χ2v) is 4.25. The van der Waals surface area contributed by atoms with Gasteiger partial charge in [0.15, 0.2) is 0 Å². The maximum absolute atomic E-state index is 10.6. The highest BCUT2D eigenvalue weighted by atomic mass is 79.9. The Morgan fingerprint density at radius 2 is 2.33 bits per heavy atom. The summed E-state index contributed by atoms with van der Waals surface area (Å²) in [6.07, 6.45) is 0. The molecular formula is C9H6BrClN2O2. The number of carboxylic acid groups (broad SMARTS) is 1. The molecule has 0 saturated carbocycles. The fourth-order valence-electron chi connectivity index (χ4n) is 1.36. The average molecular weight is 290 g/mol. The summed E-state index contributed by atoms with van der Waals surface area (Å²) in [6, 6.07) is 5.39. The number of hydrogen-bond donors (Lipinski definition) is 1. The van der Waals surface area contributed by atoms with Crippen LogP contribution < -0.4 is 0 Å². The zero-order chi connectivity index (χ0) is 11.0. The molecule has 0 aliphatic heterocycles. The summed E-state index contributed by atoms with van der Waals surface area (Å²) in [6.45, 7) is -0.184. The Kier molecular flexibility index (Phi) is 2.67. The van der Waals surface area contributed by atoms with E-state index in [1.165, 1.54) is 4.57 Å². The molecule has 0 aliphatic carbocycles. The number of nitrogens with zero attached hydrogens (tertiary/aromatic N) is 2. The lowest BCUT2D eigenvalue weighted by Crippen LogP contribution is -2.08. The molecule has 0 fully saturated rings. The molecule has 2 rings (SSSR count). The molecule has 0 saturated heterocycles. The third-order valence-corrected chi connectivity index (χ3v) is 2.74. The smallest absolute Gasteiger partial charge is 0.323 e. The molecular weight excluding hydrogens is 283 g/mol. The number of carbonyl (C=O) groups is 1. The molecule has 0 bridgehead atoms. The van der Waals surface area contributed by atoms with Gasteiger partial charge < -0.3 is 9.67 Å². The normalized spacial score (nSPS) is 10.8. The second kappa shape index (κ2) is 3.83. The van der Waals surface area contributed by atoms with Gasteiger partial charge in [0.1, 0.15) is 6.54 Å². The molecule has 0 unspecified atom stereocenters. The van der Waals surface area contributed by atoms with Crippen LogP contribution in [0.25, 0.3) is 11.0 Å². The van der Waals surface area contributed by atoms with Crippen LogP contribution in [0.1, 0.15) is 0 Å². The van der Waals surface area contributed by atoms with Gasteiger partial charge in [-0.05, 0) is 29.8 Å². The van der Waals surface area contributed by atoms with Gasteiger partial charge in [0.05, 0.1) is 11.0 Å². The molecule has 78 valence electrons. The fraction of sp³-hybridized carbons (Fsp3) is 0.111. The number of fused-ring (bicyclic) bond motifs is 1. The number of aliphatic carboxylic acids is 1. The van der Waals surface area contributed by atoms with E-state index in [1.54, 1.807) is 12.1 Å². The van der Waals surface area contributed by atoms with Crippen LogP contribution in [0.15, 0.2) is 22.7 Å². The van der Waals surface area contributed by atoms with Crippen LogP contribution >= 0.6 is 27.5 Å². The molecule has 1 aromatic heterocycles. The molecule has 4 nitrogen and oxygen atoms in total. The van der Waals surface area contributed by atoms with E-state index in [-0.39, 0.29) is 11.8 Å². The number of aromatic nitrogens is 2.